The van der Waals surface area contributed by atoms with E-state index < -0.39 is 22.1 Å². The largest absolute Gasteiger partial charge is 0.480 e. The highest BCUT2D eigenvalue weighted by atomic mass is 32.2. The SMILES string of the molecule is CNC(C(=O)O)c1ccc(S(=O)(=O)O)cc1. The number of aliphatic carboxylic acids is 1. The molecule has 1 aromatic rings. The second-order valence-corrected chi connectivity index (χ2v) is 4.53. The Morgan fingerprint density at radius 3 is 2.12 bits per heavy atom. The number of carboxylic acid groups (broad SMARTS) is 1. The zero-order valence-corrected chi connectivity index (χ0v) is 9.23. The molecule has 0 aliphatic carbocycles. The van der Waals surface area contributed by atoms with Crippen LogP contribution in [0, 0.1) is 0 Å². The fraction of sp³-hybridized carbons (Fsp3) is 0.222. The fourth-order valence-corrected chi connectivity index (χ4v) is 1.74. The molecule has 0 bridgehead atoms. The topological polar surface area (TPSA) is 104 Å². The quantitative estimate of drug-likeness (QED) is 0.658. The molecular formula is C9H11NO5S. The van der Waals surface area contributed by atoms with E-state index in [2.05, 4.69) is 5.32 Å². The van der Waals surface area contributed by atoms with E-state index in [1.165, 1.54) is 19.2 Å². The van der Waals surface area contributed by atoms with Gasteiger partial charge in [-0.2, -0.15) is 8.42 Å². The van der Waals surface area contributed by atoms with Crippen LogP contribution in [0.15, 0.2) is 29.2 Å². The standard InChI is InChI=1S/C9H11NO5S/c1-10-8(9(11)12)6-2-4-7(5-3-6)16(13,14)15/h2-5,8,10H,1H3,(H,11,12)(H,13,14,15). The third kappa shape index (κ3) is 2.78. The first-order valence-corrected chi connectivity index (χ1v) is 5.78. The first-order valence-electron chi connectivity index (χ1n) is 4.34. The molecule has 16 heavy (non-hydrogen) atoms. The van der Waals surface area contributed by atoms with Gasteiger partial charge in [0.2, 0.25) is 0 Å². The molecule has 1 atom stereocenters. The fourth-order valence-electron chi connectivity index (χ4n) is 1.26. The summed E-state index contributed by atoms with van der Waals surface area (Å²) in [7, 11) is -2.76. The maximum Gasteiger partial charge on any atom is 0.325 e. The summed E-state index contributed by atoms with van der Waals surface area (Å²) in [5.41, 5.74) is 0.405. The van der Waals surface area contributed by atoms with Crippen molar-refractivity contribution in [3.63, 3.8) is 0 Å². The Bertz CT molecular complexity index is 479. The molecule has 0 aliphatic rings. The van der Waals surface area contributed by atoms with Crippen molar-refractivity contribution < 1.29 is 22.9 Å². The van der Waals surface area contributed by atoms with Gasteiger partial charge in [-0.15, -0.1) is 0 Å². The molecule has 6 nitrogen and oxygen atoms in total. The van der Waals surface area contributed by atoms with Crippen LogP contribution in [0.25, 0.3) is 0 Å². The third-order valence-corrected chi connectivity index (χ3v) is 2.91. The van der Waals surface area contributed by atoms with Crippen molar-refractivity contribution in [1.82, 2.24) is 5.32 Å². The molecule has 0 radical (unpaired) electrons. The van der Waals surface area contributed by atoms with Crippen LogP contribution in [0.5, 0.6) is 0 Å². The molecule has 0 fully saturated rings. The lowest BCUT2D eigenvalue weighted by molar-refractivity contribution is -0.139. The lowest BCUT2D eigenvalue weighted by Gasteiger charge is -2.11. The van der Waals surface area contributed by atoms with E-state index in [1.807, 2.05) is 0 Å². The zero-order valence-electron chi connectivity index (χ0n) is 8.41. The monoisotopic (exact) mass is 245 g/mol. The summed E-state index contributed by atoms with van der Waals surface area (Å²) in [5.74, 6) is -1.07. The average molecular weight is 245 g/mol. The minimum Gasteiger partial charge on any atom is -0.480 e. The maximum atomic E-state index is 10.8. The second kappa shape index (κ2) is 4.60. The van der Waals surface area contributed by atoms with Crippen LogP contribution in [0.4, 0.5) is 0 Å². The summed E-state index contributed by atoms with van der Waals surface area (Å²) in [4.78, 5) is 10.5. The van der Waals surface area contributed by atoms with Crippen LogP contribution >= 0.6 is 0 Å². The van der Waals surface area contributed by atoms with Crippen LogP contribution in [-0.4, -0.2) is 31.1 Å². The van der Waals surface area contributed by atoms with E-state index in [0.717, 1.165) is 12.1 Å². The van der Waals surface area contributed by atoms with Gasteiger partial charge in [-0.25, -0.2) is 0 Å². The summed E-state index contributed by atoms with van der Waals surface area (Å²) < 4.78 is 30.2. The highest BCUT2D eigenvalue weighted by Crippen LogP contribution is 2.16. The van der Waals surface area contributed by atoms with Crippen molar-refractivity contribution in [2.75, 3.05) is 7.05 Å². The van der Waals surface area contributed by atoms with Crippen LogP contribution in [0.3, 0.4) is 0 Å². The zero-order chi connectivity index (χ0) is 12.3. The normalized spacial score (nSPS) is 13.4. The number of nitrogens with one attached hydrogen (secondary N) is 1. The number of hydrogen-bond acceptors (Lipinski definition) is 4. The molecule has 0 aromatic heterocycles. The molecule has 0 aliphatic heterocycles. The lowest BCUT2D eigenvalue weighted by atomic mass is 10.1. The van der Waals surface area contributed by atoms with Gasteiger partial charge in [0.05, 0.1) is 4.90 Å². The van der Waals surface area contributed by atoms with Crippen molar-refractivity contribution in [2.45, 2.75) is 10.9 Å². The van der Waals surface area contributed by atoms with Gasteiger partial charge in [0.15, 0.2) is 0 Å². The van der Waals surface area contributed by atoms with E-state index in [-0.39, 0.29) is 4.90 Å². The first-order chi connectivity index (χ1) is 7.36. The number of likely N-dealkylation sites (N-methyl/N-ethyl adjacent to an activating group) is 1. The number of rotatable bonds is 4. The van der Waals surface area contributed by atoms with E-state index in [9.17, 15) is 13.2 Å². The number of carboxylic acids is 1. The molecule has 0 amide bonds. The molecule has 88 valence electrons. The van der Waals surface area contributed by atoms with E-state index in [1.54, 1.807) is 0 Å². The molecule has 0 heterocycles. The summed E-state index contributed by atoms with van der Waals surface area (Å²) in [5, 5.41) is 11.4. The van der Waals surface area contributed by atoms with Crippen molar-refractivity contribution >= 4 is 16.1 Å². The predicted octanol–water partition coefficient (Wildman–Crippen LogP) is 0.278. The Balaban J connectivity index is 3.08. The van der Waals surface area contributed by atoms with Gasteiger partial charge in [0.25, 0.3) is 10.1 Å². The molecular weight excluding hydrogens is 234 g/mol. The van der Waals surface area contributed by atoms with E-state index >= 15 is 0 Å². The van der Waals surface area contributed by atoms with Crippen molar-refractivity contribution in [2.24, 2.45) is 0 Å². The number of carbonyl (C=O) groups is 1. The van der Waals surface area contributed by atoms with Gasteiger partial charge in [-0.1, -0.05) is 12.1 Å². The third-order valence-electron chi connectivity index (χ3n) is 2.05. The Kier molecular flexibility index (Phi) is 3.63. The lowest BCUT2D eigenvalue weighted by Crippen LogP contribution is -2.24. The Labute approximate surface area is 92.7 Å². The van der Waals surface area contributed by atoms with Crippen molar-refractivity contribution in [3.05, 3.63) is 29.8 Å². The second-order valence-electron chi connectivity index (χ2n) is 3.10. The highest BCUT2D eigenvalue weighted by Gasteiger charge is 2.18. The van der Waals surface area contributed by atoms with Crippen LogP contribution in [0.1, 0.15) is 11.6 Å². The number of benzene rings is 1. The average Bonchev–Trinajstić information content (AvgIpc) is 2.17. The van der Waals surface area contributed by atoms with E-state index in [4.69, 9.17) is 9.66 Å². The van der Waals surface area contributed by atoms with Gasteiger partial charge in [0, 0.05) is 0 Å². The number of hydrogen-bond donors (Lipinski definition) is 3. The molecule has 7 heteroatoms. The highest BCUT2D eigenvalue weighted by molar-refractivity contribution is 7.85. The van der Waals surface area contributed by atoms with Gasteiger partial charge in [-0.05, 0) is 24.7 Å². The summed E-state index contributed by atoms with van der Waals surface area (Å²) in [6, 6.07) is 4.06. The molecule has 1 unspecified atom stereocenters. The Morgan fingerprint density at radius 1 is 1.31 bits per heavy atom. The van der Waals surface area contributed by atoms with Gasteiger partial charge >= 0.3 is 5.97 Å². The van der Waals surface area contributed by atoms with Crippen LogP contribution in [-0.2, 0) is 14.9 Å². The van der Waals surface area contributed by atoms with Gasteiger partial charge in [-0.3, -0.25) is 9.35 Å². The van der Waals surface area contributed by atoms with Crippen LogP contribution < -0.4 is 5.32 Å². The van der Waals surface area contributed by atoms with Crippen LogP contribution in [0.2, 0.25) is 0 Å². The maximum absolute atomic E-state index is 10.8. The van der Waals surface area contributed by atoms with Crippen molar-refractivity contribution in [1.29, 1.82) is 0 Å². The van der Waals surface area contributed by atoms with E-state index in [0.29, 0.717) is 5.56 Å². The molecule has 1 rings (SSSR count). The summed E-state index contributed by atoms with van der Waals surface area (Å²) in [6.45, 7) is 0. The summed E-state index contributed by atoms with van der Waals surface area (Å²) in [6.07, 6.45) is 0. The summed E-state index contributed by atoms with van der Waals surface area (Å²) >= 11 is 0. The Morgan fingerprint density at radius 2 is 1.81 bits per heavy atom. The minimum absolute atomic E-state index is 0.267. The Hall–Kier alpha value is -1.44. The van der Waals surface area contributed by atoms with Crippen molar-refractivity contribution in [3.8, 4) is 0 Å². The first kappa shape index (κ1) is 12.6. The molecule has 0 spiro atoms. The molecule has 0 saturated heterocycles. The molecule has 1 aromatic carbocycles. The van der Waals surface area contributed by atoms with Gasteiger partial charge in [0.1, 0.15) is 6.04 Å². The van der Waals surface area contributed by atoms with Gasteiger partial charge < -0.3 is 10.4 Å². The minimum atomic E-state index is -4.24. The smallest absolute Gasteiger partial charge is 0.325 e. The molecule has 3 N–H and O–H groups in total. The predicted molar refractivity (Wildman–Crippen MR) is 55.7 cm³/mol. The molecule has 0 saturated carbocycles.